The molecule has 18 heavy (non-hydrogen) atoms. The highest BCUT2D eigenvalue weighted by molar-refractivity contribution is 9.10. The lowest BCUT2D eigenvalue weighted by atomic mass is 10.2. The number of furan rings is 1. The van der Waals surface area contributed by atoms with Crippen molar-refractivity contribution >= 4 is 37.5 Å². The molecule has 1 unspecified atom stereocenters. The Hall–Kier alpha value is -0.880. The van der Waals surface area contributed by atoms with Gasteiger partial charge in [0.25, 0.3) is 0 Å². The molecule has 0 bridgehead atoms. The maximum atomic E-state index is 13.6. The minimum atomic E-state index is -0.653. The van der Waals surface area contributed by atoms with Crippen LogP contribution in [0.3, 0.4) is 0 Å². The van der Waals surface area contributed by atoms with Crippen molar-refractivity contribution < 1.29 is 13.2 Å². The Kier molecular flexibility index (Phi) is 4.07. The highest BCUT2D eigenvalue weighted by atomic mass is 79.9. The number of hydrogen-bond donors (Lipinski definition) is 1. The van der Waals surface area contributed by atoms with Crippen LogP contribution in [0, 0.1) is 11.6 Å². The van der Waals surface area contributed by atoms with Crippen LogP contribution < -0.4 is 5.32 Å². The van der Waals surface area contributed by atoms with Crippen molar-refractivity contribution in [2.75, 3.05) is 5.32 Å². The number of anilines is 1. The summed E-state index contributed by atoms with van der Waals surface area (Å²) >= 11 is 6.20. The standard InChI is InChI=1S/C12H9Br2F2NO/c1-6(10-2-3-11(14)18-10)17-12-8(15)4-7(13)5-9(12)16/h2-6,17H,1H3. The molecule has 0 spiro atoms. The van der Waals surface area contributed by atoms with Gasteiger partial charge in [-0.25, -0.2) is 8.78 Å². The molecule has 0 aliphatic heterocycles. The smallest absolute Gasteiger partial charge is 0.169 e. The van der Waals surface area contributed by atoms with Gasteiger partial charge in [-0.2, -0.15) is 0 Å². The van der Waals surface area contributed by atoms with E-state index in [1.165, 1.54) is 12.1 Å². The van der Waals surface area contributed by atoms with Gasteiger partial charge in [0.1, 0.15) is 23.1 Å². The van der Waals surface area contributed by atoms with E-state index in [0.29, 0.717) is 14.9 Å². The molecule has 0 saturated heterocycles. The minimum Gasteiger partial charge on any atom is -0.452 e. The van der Waals surface area contributed by atoms with Crippen molar-refractivity contribution in [1.82, 2.24) is 0 Å². The molecule has 2 nitrogen and oxygen atoms in total. The van der Waals surface area contributed by atoms with Gasteiger partial charge < -0.3 is 9.73 Å². The van der Waals surface area contributed by atoms with Gasteiger partial charge in [-0.05, 0) is 47.1 Å². The van der Waals surface area contributed by atoms with Crippen LogP contribution in [-0.2, 0) is 0 Å². The first-order valence-corrected chi connectivity index (χ1v) is 6.72. The van der Waals surface area contributed by atoms with Crippen LogP contribution in [0.4, 0.5) is 14.5 Å². The Morgan fingerprint density at radius 1 is 1.17 bits per heavy atom. The van der Waals surface area contributed by atoms with E-state index in [-0.39, 0.29) is 11.7 Å². The van der Waals surface area contributed by atoms with Crippen LogP contribution in [0.15, 0.2) is 37.8 Å². The third-order valence-corrected chi connectivity index (χ3v) is 3.27. The predicted octanol–water partition coefficient (Wildman–Crippen LogP) is 5.26. The van der Waals surface area contributed by atoms with Crippen LogP contribution in [0.2, 0.25) is 0 Å². The third-order valence-electron chi connectivity index (χ3n) is 2.39. The quantitative estimate of drug-likeness (QED) is 0.785. The summed E-state index contributed by atoms with van der Waals surface area (Å²) in [7, 11) is 0. The fraction of sp³-hybridized carbons (Fsp3) is 0.167. The zero-order valence-electron chi connectivity index (χ0n) is 9.31. The number of rotatable bonds is 3. The van der Waals surface area contributed by atoms with E-state index in [4.69, 9.17) is 4.42 Å². The van der Waals surface area contributed by atoms with Crippen molar-refractivity contribution in [3.05, 3.63) is 50.8 Å². The highest BCUT2D eigenvalue weighted by Crippen LogP contribution is 2.28. The number of nitrogens with one attached hydrogen (secondary N) is 1. The van der Waals surface area contributed by atoms with Crippen molar-refractivity contribution in [3.63, 3.8) is 0 Å². The summed E-state index contributed by atoms with van der Waals surface area (Å²) in [5.74, 6) is -0.720. The van der Waals surface area contributed by atoms with Gasteiger partial charge in [0.15, 0.2) is 4.67 Å². The molecular formula is C12H9Br2F2NO. The molecule has 0 fully saturated rings. The second-order valence-electron chi connectivity index (χ2n) is 3.75. The molecule has 1 aromatic carbocycles. The van der Waals surface area contributed by atoms with Crippen LogP contribution in [-0.4, -0.2) is 0 Å². The summed E-state index contributed by atoms with van der Waals surface area (Å²) in [6.45, 7) is 1.76. The second-order valence-corrected chi connectivity index (χ2v) is 5.45. The van der Waals surface area contributed by atoms with E-state index in [0.717, 1.165) is 0 Å². The van der Waals surface area contributed by atoms with Crippen molar-refractivity contribution in [1.29, 1.82) is 0 Å². The Morgan fingerprint density at radius 3 is 2.28 bits per heavy atom. The normalized spacial score (nSPS) is 12.5. The van der Waals surface area contributed by atoms with E-state index in [1.807, 2.05) is 0 Å². The summed E-state index contributed by atoms with van der Waals surface area (Å²) in [6.07, 6.45) is 0. The molecule has 96 valence electrons. The summed E-state index contributed by atoms with van der Waals surface area (Å²) in [5.41, 5.74) is -0.168. The van der Waals surface area contributed by atoms with Crippen molar-refractivity contribution in [3.8, 4) is 0 Å². The lowest BCUT2D eigenvalue weighted by Crippen LogP contribution is -2.09. The fourth-order valence-corrected chi connectivity index (χ4v) is 2.25. The molecular weight excluding hydrogens is 372 g/mol. The fourth-order valence-electron chi connectivity index (χ4n) is 1.53. The molecule has 1 N–H and O–H groups in total. The van der Waals surface area contributed by atoms with Gasteiger partial charge in [-0.15, -0.1) is 0 Å². The van der Waals surface area contributed by atoms with Crippen molar-refractivity contribution in [2.24, 2.45) is 0 Å². The Labute approximate surface area is 120 Å². The molecule has 1 heterocycles. The second kappa shape index (κ2) is 5.40. The summed E-state index contributed by atoms with van der Waals surface area (Å²) < 4.78 is 33.5. The topological polar surface area (TPSA) is 25.2 Å². The lowest BCUT2D eigenvalue weighted by molar-refractivity contribution is 0.468. The van der Waals surface area contributed by atoms with E-state index >= 15 is 0 Å². The summed E-state index contributed by atoms with van der Waals surface area (Å²) in [6, 6.07) is 5.52. The summed E-state index contributed by atoms with van der Waals surface area (Å²) in [4.78, 5) is 0. The zero-order valence-corrected chi connectivity index (χ0v) is 12.5. The molecule has 1 aromatic heterocycles. The maximum Gasteiger partial charge on any atom is 0.169 e. The Bertz CT molecular complexity index is 548. The van der Waals surface area contributed by atoms with E-state index < -0.39 is 11.6 Å². The monoisotopic (exact) mass is 379 g/mol. The molecule has 0 saturated carbocycles. The van der Waals surface area contributed by atoms with Gasteiger partial charge in [-0.3, -0.25) is 0 Å². The van der Waals surface area contributed by atoms with E-state index in [9.17, 15) is 8.78 Å². The van der Waals surface area contributed by atoms with E-state index in [1.54, 1.807) is 19.1 Å². The van der Waals surface area contributed by atoms with Gasteiger partial charge >= 0.3 is 0 Å². The first kappa shape index (κ1) is 13.5. The molecule has 0 aliphatic carbocycles. The first-order valence-electron chi connectivity index (χ1n) is 5.13. The number of hydrogen-bond acceptors (Lipinski definition) is 2. The van der Waals surface area contributed by atoms with Gasteiger partial charge in [0, 0.05) is 4.47 Å². The highest BCUT2D eigenvalue weighted by Gasteiger charge is 2.16. The van der Waals surface area contributed by atoms with Crippen LogP contribution in [0.1, 0.15) is 18.7 Å². The molecule has 6 heteroatoms. The zero-order chi connectivity index (χ0) is 13.3. The van der Waals surface area contributed by atoms with Crippen LogP contribution >= 0.6 is 31.9 Å². The lowest BCUT2D eigenvalue weighted by Gasteiger charge is -2.14. The average molecular weight is 381 g/mol. The van der Waals surface area contributed by atoms with Crippen molar-refractivity contribution in [2.45, 2.75) is 13.0 Å². The first-order chi connectivity index (χ1) is 8.47. The molecule has 2 rings (SSSR count). The molecule has 0 amide bonds. The molecule has 1 atom stereocenters. The predicted molar refractivity (Wildman–Crippen MR) is 72.5 cm³/mol. The molecule has 2 aromatic rings. The Balaban J connectivity index is 2.24. The minimum absolute atomic E-state index is 0.168. The van der Waals surface area contributed by atoms with Crippen LogP contribution in [0.25, 0.3) is 0 Å². The maximum absolute atomic E-state index is 13.6. The van der Waals surface area contributed by atoms with Gasteiger partial charge in [0.2, 0.25) is 0 Å². The third kappa shape index (κ3) is 2.92. The average Bonchev–Trinajstić information content (AvgIpc) is 2.70. The Morgan fingerprint density at radius 2 is 1.78 bits per heavy atom. The number of benzene rings is 1. The molecule has 0 radical (unpaired) electrons. The van der Waals surface area contributed by atoms with Gasteiger partial charge in [-0.1, -0.05) is 15.9 Å². The summed E-state index contributed by atoms with van der Waals surface area (Å²) in [5, 5.41) is 2.75. The van der Waals surface area contributed by atoms with Gasteiger partial charge in [0.05, 0.1) is 6.04 Å². The van der Waals surface area contributed by atoms with E-state index in [2.05, 4.69) is 37.2 Å². The largest absolute Gasteiger partial charge is 0.452 e. The SMILES string of the molecule is CC(Nc1c(F)cc(Br)cc1F)c1ccc(Br)o1. The van der Waals surface area contributed by atoms with Crippen LogP contribution in [0.5, 0.6) is 0 Å². The molecule has 0 aliphatic rings. The number of halogens is 4.